The summed E-state index contributed by atoms with van der Waals surface area (Å²) in [5.74, 6) is 0. The maximum atomic E-state index is 11.9. The molecule has 2 amide bonds. The van der Waals surface area contributed by atoms with Gasteiger partial charge in [-0.15, -0.1) is 0 Å². The molecular formula is C15H17N3O. The first-order chi connectivity index (χ1) is 9.25. The number of pyridine rings is 1. The number of amides is 2. The van der Waals surface area contributed by atoms with Gasteiger partial charge >= 0.3 is 6.03 Å². The smallest absolute Gasteiger partial charge is 0.317 e. The second-order valence-electron chi connectivity index (χ2n) is 4.32. The van der Waals surface area contributed by atoms with Crippen molar-refractivity contribution in [3.8, 4) is 0 Å². The van der Waals surface area contributed by atoms with Crippen LogP contribution < -0.4 is 5.32 Å². The molecule has 0 spiro atoms. The van der Waals surface area contributed by atoms with Gasteiger partial charge in [-0.25, -0.2) is 4.79 Å². The molecule has 0 aliphatic heterocycles. The van der Waals surface area contributed by atoms with Gasteiger partial charge in [0.1, 0.15) is 0 Å². The van der Waals surface area contributed by atoms with Crippen molar-refractivity contribution in [1.29, 1.82) is 0 Å². The molecular weight excluding hydrogens is 238 g/mol. The van der Waals surface area contributed by atoms with Crippen molar-refractivity contribution >= 4 is 6.03 Å². The third-order valence-corrected chi connectivity index (χ3v) is 2.76. The second kappa shape index (κ2) is 6.54. The van der Waals surface area contributed by atoms with E-state index in [9.17, 15) is 4.79 Å². The van der Waals surface area contributed by atoms with Gasteiger partial charge in [0.05, 0.1) is 12.2 Å². The first kappa shape index (κ1) is 13.1. The van der Waals surface area contributed by atoms with E-state index < -0.39 is 0 Å². The van der Waals surface area contributed by atoms with Gasteiger partial charge in [0.2, 0.25) is 0 Å². The number of hydrogen-bond donors (Lipinski definition) is 1. The number of nitrogens with one attached hydrogen (secondary N) is 1. The van der Waals surface area contributed by atoms with Gasteiger partial charge in [-0.1, -0.05) is 36.4 Å². The number of nitrogens with zero attached hydrogens (tertiary/aromatic N) is 2. The van der Waals surface area contributed by atoms with Crippen LogP contribution >= 0.6 is 0 Å². The summed E-state index contributed by atoms with van der Waals surface area (Å²) in [6, 6.07) is 15.4. The van der Waals surface area contributed by atoms with Gasteiger partial charge in [-0.3, -0.25) is 4.98 Å². The van der Waals surface area contributed by atoms with E-state index in [1.165, 1.54) is 0 Å². The molecule has 1 aromatic carbocycles. The van der Waals surface area contributed by atoms with Crippen LogP contribution in [0.3, 0.4) is 0 Å². The fourth-order valence-corrected chi connectivity index (χ4v) is 1.71. The van der Waals surface area contributed by atoms with Gasteiger partial charge < -0.3 is 10.2 Å². The lowest BCUT2D eigenvalue weighted by atomic mass is 10.2. The molecule has 4 heteroatoms. The van der Waals surface area contributed by atoms with Crippen LogP contribution in [0.15, 0.2) is 54.7 Å². The monoisotopic (exact) mass is 255 g/mol. The highest BCUT2D eigenvalue weighted by Crippen LogP contribution is 2.01. The Labute approximate surface area is 113 Å². The molecule has 2 aromatic rings. The quantitative estimate of drug-likeness (QED) is 0.912. The minimum atomic E-state index is -0.102. The van der Waals surface area contributed by atoms with E-state index in [1.807, 2.05) is 48.5 Å². The molecule has 0 saturated carbocycles. The number of aromatic nitrogens is 1. The average molecular weight is 255 g/mol. The van der Waals surface area contributed by atoms with E-state index in [2.05, 4.69) is 10.3 Å². The molecule has 0 aliphatic rings. The molecule has 1 heterocycles. The average Bonchev–Trinajstić information content (AvgIpc) is 2.47. The van der Waals surface area contributed by atoms with Crippen LogP contribution in [0.2, 0.25) is 0 Å². The molecule has 0 aliphatic carbocycles. The van der Waals surface area contributed by atoms with Crippen LogP contribution in [0.4, 0.5) is 4.79 Å². The number of carbonyl (C=O) groups excluding carboxylic acids is 1. The van der Waals surface area contributed by atoms with Crippen molar-refractivity contribution in [2.75, 3.05) is 7.05 Å². The van der Waals surface area contributed by atoms with E-state index >= 15 is 0 Å². The maximum absolute atomic E-state index is 11.9. The molecule has 0 saturated heterocycles. The second-order valence-corrected chi connectivity index (χ2v) is 4.32. The Balaban J connectivity index is 1.83. The highest BCUT2D eigenvalue weighted by atomic mass is 16.2. The van der Waals surface area contributed by atoms with Crippen molar-refractivity contribution in [2.24, 2.45) is 0 Å². The van der Waals surface area contributed by atoms with Crippen LogP contribution in [0, 0.1) is 0 Å². The topological polar surface area (TPSA) is 45.2 Å². The third kappa shape index (κ3) is 4.10. The van der Waals surface area contributed by atoms with E-state index in [0.717, 1.165) is 11.3 Å². The summed E-state index contributed by atoms with van der Waals surface area (Å²) in [5, 5.41) is 2.88. The minimum absolute atomic E-state index is 0.102. The van der Waals surface area contributed by atoms with Crippen molar-refractivity contribution in [3.05, 3.63) is 66.0 Å². The molecule has 0 radical (unpaired) electrons. The molecule has 0 bridgehead atoms. The Morgan fingerprint density at radius 2 is 1.89 bits per heavy atom. The number of rotatable bonds is 4. The van der Waals surface area contributed by atoms with Crippen LogP contribution in [-0.4, -0.2) is 23.0 Å². The van der Waals surface area contributed by atoms with Gasteiger partial charge in [0.25, 0.3) is 0 Å². The van der Waals surface area contributed by atoms with Crippen LogP contribution in [0.25, 0.3) is 0 Å². The number of carbonyl (C=O) groups is 1. The third-order valence-electron chi connectivity index (χ3n) is 2.76. The number of benzene rings is 1. The fourth-order valence-electron chi connectivity index (χ4n) is 1.71. The highest BCUT2D eigenvalue weighted by molar-refractivity contribution is 5.73. The summed E-state index contributed by atoms with van der Waals surface area (Å²) in [6.45, 7) is 1.04. The Kier molecular flexibility index (Phi) is 4.50. The number of hydrogen-bond acceptors (Lipinski definition) is 2. The van der Waals surface area contributed by atoms with Gasteiger partial charge in [-0.05, 0) is 17.7 Å². The lowest BCUT2D eigenvalue weighted by molar-refractivity contribution is 0.206. The summed E-state index contributed by atoms with van der Waals surface area (Å²) >= 11 is 0. The number of urea groups is 1. The first-order valence-electron chi connectivity index (χ1n) is 6.18. The van der Waals surface area contributed by atoms with Crippen molar-refractivity contribution in [2.45, 2.75) is 13.1 Å². The Morgan fingerprint density at radius 3 is 2.58 bits per heavy atom. The first-order valence-corrected chi connectivity index (χ1v) is 6.18. The predicted molar refractivity (Wildman–Crippen MR) is 74.4 cm³/mol. The molecule has 1 N–H and O–H groups in total. The molecule has 0 unspecified atom stereocenters. The summed E-state index contributed by atoms with van der Waals surface area (Å²) in [4.78, 5) is 17.7. The summed E-state index contributed by atoms with van der Waals surface area (Å²) in [5.41, 5.74) is 1.96. The zero-order chi connectivity index (χ0) is 13.5. The molecule has 98 valence electrons. The van der Waals surface area contributed by atoms with Crippen molar-refractivity contribution < 1.29 is 4.79 Å². The maximum Gasteiger partial charge on any atom is 0.317 e. The molecule has 0 fully saturated rings. The van der Waals surface area contributed by atoms with E-state index in [4.69, 9.17) is 0 Å². The Morgan fingerprint density at radius 1 is 1.16 bits per heavy atom. The van der Waals surface area contributed by atoms with Crippen molar-refractivity contribution in [1.82, 2.24) is 15.2 Å². The van der Waals surface area contributed by atoms with Gasteiger partial charge in [0.15, 0.2) is 0 Å². The molecule has 19 heavy (non-hydrogen) atoms. The molecule has 4 nitrogen and oxygen atoms in total. The van der Waals surface area contributed by atoms with E-state index in [1.54, 1.807) is 18.1 Å². The molecule has 2 rings (SSSR count). The summed E-state index contributed by atoms with van der Waals surface area (Å²) in [7, 11) is 1.76. The van der Waals surface area contributed by atoms with Crippen LogP contribution in [-0.2, 0) is 13.1 Å². The van der Waals surface area contributed by atoms with Gasteiger partial charge in [0, 0.05) is 19.8 Å². The standard InChI is InChI=1S/C15H17N3O/c1-18(12-14-9-5-6-10-16-14)15(19)17-11-13-7-3-2-4-8-13/h2-10H,11-12H2,1H3,(H,17,19). The molecule has 1 aromatic heterocycles. The summed E-state index contributed by atoms with van der Waals surface area (Å²) in [6.07, 6.45) is 1.73. The lowest BCUT2D eigenvalue weighted by Gasteiger charge is -2.17. The van der Waals surface area contributed by atoms with E-state index in [-0.39, 0.29) is 6.03 Å². The minimum Gasteiger partial charge on any atom is -0.334 e. The van der Waals surface area contributed by atoms with Crippen LogP contribution in [0.5, 0.6) is 0 Å². The zero-order valence-electron chi connectivity index (χ0n) is 10.9. The summed E-state index contributed by atoms with van der Waals surface area (Å²) < 4.78 is 0. The largest absolute Gasteiger partial charge is 0.334 e. The molecule has 0 atom stereocenters. The predicted octanol–water partition coefficient (Wildman–Crippen LogP) is 2.42. The zero-order valence-corrected chi connectivity index (χ0v) is 10.9. The SMILES string of the molecule is CN(Cc1ccccn1)C(=O)NCc1ccccc1. The van der Waals surface area contributed by atoms with E-state index in [0.29, 0.717) is 13.1 Å². The van der Waals surface area contributed by atoms with Gasteiger partial charge in [-0.2, -0.15) is 0 Å². The van der Waals surface area contributed by atoms with Crippen molar-refractivity contribution in [3.63, 3.8) is 0 Å². The van der Waals surface area contributed by atoms with Crippen LogP contribution in [0.1, 0.15) is 11.3 Å². The Hall–Kier alpha value is -2.36. The highest BCUT2D eigenvalue weighted by Gasteiger charge is 2.08. The Bertz CT molecular complexity index is 513. The fraction of sp³-hybridized carbons (Fsp3) is 0.200. The normalized spacial score (nSPS) is 9.95. The lowest BCUT2D eigenvalue weighted by Crippen LogP contribution is -2.36.